The maximum absolute atomic E-state index is 12.7. The predicted octanol–water partition coefficient (Wildman–Crippen LogP) is 0.103. The number of aryl methyl sites for hydroxylation is 2. The highest BCUT2D eigenvalue weighted by molar-refractivity contribution is 7.89. The van der Waals surface area contributed by atoms with Crippen LogP contribution in [0.1, 0.15) is 44.0 Å². The Hall–Kier alpha value is -1.45. The number of sulfonamides is 1. The molecule has 9 heteroatoms. The Balaban J connectivity index is 1.64. The van der Waals surface area contributed by atoms with E-state index >= 15 is 0 Å². The molecule has 3 heterocycles. The van der Waals surface area contributed by atoms with Crippen LogP contribution in [0.4, 0.5) is 0 Å². The molecule has 2 aliphatic rings. The van der Waals surface area contributed by atoms with Gasteiger partial charge in [-0.2, -0.15) is 9.82 Å². The molecule has 25 heavy (non-hydrogen) atoms. The fourth-order valence-corrected chi connectivity index (χ4v) is 5.63. The van der Waals surface area contributed by atoms with Gasteiger partial charge in [0.25, 0.3) is 0 Å². The molecule has 8 nitrogen and oxygen atoms in total. The zero-order valence-corrected chi connectivity index (χ0v) is 16.0. The van der Waals surface area contributed by atoms with Gasteiger partial charge in [0.1, 0.15) is 4.90 Å². The van der Waals surface area contributed by atoms with Crippen molar-refractivity contribution >= 4 is 15.9 Å². The van der Waals surface area contributed by atoms with Gasteiger partial charge < -0.3 is 10.6 Å². The molecule has 1 aromatic rings. The Morgan fingerprint density at radius 1 is 1.28 bits per heavy atom. The van der Waals surface area contributed by atoms with Crippen LogP contribution >= 0.6 is 0 Å². The van der Waals surface area contributed by atoms with E-state index in [4.69, 9.17) is 0 Å². The molecule has 2 fully saturated rings. The summed E-state index contributed by atoms with van der Waals surface area (Å²) in [6, 6.07) is 0.213. The van der Waals surface area contributed by atoms with E-state index in [0.717, 1.165) is 25.7 Å². The maximum atomic E-state index is 12.7. The molecule has 2 bridgehead atoms. The first kappa shape index (κ1) is 18.3. The molecule has 3 N–H and O–H groups in total. The average molecular weight is 369 g/mol. The van der Waals surface area contributed by atoms with E-state index in [1.165, 1.54) is 4.68 Å². The van der Waals surface area contributed by atoms with Gasteiger partial charge in [0, 0.05) is 25.2 Å². The molecule has 2 saturated heterocycles. The highest BCUT2D eigenvalue weighted by atomic mass is 32.2. The van der Waals surface area contributed by atoms with Crippen LogP contribution in [0.5, 0.6) is 0 Å². The summed E-state index contributed by atoms with van der Waals surface area (Å²) in [4.78, 5) is 12.6. The lowest BCUT2D eigenvalue weighted by Crippen LogP contribution is -2.52. The van der Waals surface area contributed by atoms with E-state index in [2.05, 4.69) is 20.5 Å². The summed E-state index contributed by atoms with van der Waals surface area (Å²) in [5, 5.41) is 10.7. The van der Waals surface area contributed by atoms with E-state index in [1.54, 1.807) is 27.8 Å². The van der Waals surface area contributed by atoms with Crippen molar-refractivity contribution in [3.63, 3.8) is 0 Å². The second-order valence-corrected chi connectivity index (χ2v) is 8.93. The van der Waals surface area contributed by atoms with Gasteiger partial charge in [-0.3, -0.25) is 9.48 Å². The fraction of sp³-hybridized carbons (Fsp3) is 0.750. The van der Waals surface area contributed by atoms with Crippen LogP contribution in [-0.2, 0) is 21.9 Å². The van der Waals surface area contributed by atoms with Gasteiger partial charge in [0.2, 0.25) is 15.9 Å². The summed E-state index contributed by atoms with van der Waals surface area (Å²) in [5.41, 5.74) is 0.975. The summed E-state index contributed by atoms with van der Waals surface area (Å²) in [6.45, 7) is 4.92. The van der Waals surface area contributed by atoms with Crippen molar-refractivity contribution in [2.45, 2.75) is 75.5 Å². The number of fused-ring (bicyclic) bond motifs is 2. The molecule has 3 unspecified atom stereocenters. The molecule has 140 valence electrons. The van der Waals surface area contributed by atoms with Crippen LogP contribution in [0.15, 0.2) is 4.90 Å². The molecular weight excluding hydrogens is 342 g/mol. The number of hydrogen-bond acceptors (Lipinski definition) is 5. The summed E-state index contributed by atoms with van der Waals surface area (Å²) in [7, 11) is -2.10. The number of carbonyl (C=O) groups is 1. The lowest BCUT2D eigenvalue weighted by Gasteiger charge is -2.30. The second-order valence-electron chi connectivity index (χ2n) is 7.28. The molecule has 2 aliphatic heterocycles. The molecule has 3 rings (SSSR count). The molecule has 0 aromatic carbocycles. The van der Waals surface area contributed by atoms with Crippen molar-refractivity contribution in [2.24, 2.45) is 7.05 Å². The number of hydrogen-bond donors (Lipinski definition) is 3. The number of rotatable bonds is 5. The smallest absolute Gasteiger partial charge is 0.244 e. The van der Waals surface area contributed by atoms with Crippen LogP contribution in [0, 0.1) is 13.8 Å². The van der Waals surface area contributed by atoms with E-state index in [0.29, 0.717) is 23.5 Å². The summed E-state index contributed by atoms with van der Waals surface area (Å²) in [5.74, 6) is -0.283. The predicted molar refractivity (Wildman–Crippen MR) is 93.6 cm³/mol. The molecule has 1 amide bonds. The molecule has 3 atom stereocenters. The van der Waals surface area contributed by atoms with Gasteiger partial charge in [-0.05, 0) is 46.5 Å². The minimum absolute atomic E-state index is 0.111. The van der Waals surface area contributed by atoms with E-state index in [1.807, 2.05) is 0 Å². The van der Waals surface area contributed by atoms with Gasteiger partial charge >= 0.3 is 0 Å². The second kappa shape index (κ2) is 6.69. The number of amides is 1. The number of nitrogens with one attached hydrogen (secondary N) is 3. The van der Waals surface area contributed by atoms with Gasteiger partial charge in [0.15, 0.2) is 0 Å². The van der Waals surface area contributed by atoms with E-state index < -0.39 is 16.1 Å². The lowest BCUT2D eigenvalue weighted by molar-refractivity contribution is -0.123. The summed E-state index contributed by atoms with van der Waals surface area (Å²) >= 11 is 0. The van der Waals surface area contributed by atoms with Crippen LogP contribution < -0.4 is 15.4 Å². The van der Waals surface area contributed by atoms with Crippen molar-refractivity contribution in [3.8, 4) is 0 Å². The Kier molecular flexibility index (Phi) is 4.91. The third-order valence-corrected chi connectivity index (χ3v) is 7.05. The van der Waals surface area contributed by atoms with Crippen molar-refractivity contribution in [2.75, 3.05) is 0 Å². The van der Waals surface area contributed by atoms with Gasteiger partial charge in [-0.1, -0.05) is 0 Å². The SMILES string of the molecule is Cc1nn(C)c(C)c1S(=O)(=O)NC(C)C(=O)NC1CC2CCC(C1)N2. The maximum Gasteiger partial charge on any atom is 0.244 e. The fourth-order valence-electron chi connectivity index (χ4n) is 3.99. The Labute approximate surface area is 148 Å². The Bertz CT molecular complexity index is 761. The van der Waals surface area contributed by atoms with Crippen molar-refractivity contribution in [3.05, 3.63) is 11.4 Å². The molecule has 0 spiro atoms. The van der Waals surface area contributed by atoms with Crippen LogP contribution in [-0.4, -0.2) is 48.3 Å². The van der Waals surface area contributed by atoms with Crippen LogP contribution in [0.2, 0.25) is 0 Å². The summed E-state index contributed by atoms with van der Waals surface area (Å²) in [6.07, 6.45) is 4.11. The van der Waals surface area contributed by atoms with Crippen molar-refractivity contribution < 1.29 is 13.2 Å². The average Bonchev–Trinajstić information content (AvgIpc) is 2.97. The number of aromatic nitrogens is 2. The van der Waals surface area contributed by atoms with E-state index in [-0.39, 0.29) is 16.8 Å². The largest absolute Gasteiger partial charge is 0.352 e. The quantitative estimate of drug-likeness (QED) is 0.683. The van der Waals surface area contributed by atoms with Crippen molar-refractivity contribution in [1.82, 2.24) is 25.1 Å². The number of piperidine rings is 1. The third-order valence-electron chi connectivity index (χ3n) is 5.26. The Morgan fingerprint density at radius 2 is 1.88 bits per heavy atom. The molecule has 0 aliphatic carbocycles. The third kappa shape index (κ3) is 3.73. The van der Waals surface area contributed by atoms with Crippen molar-refractivity contribution in [1.29, 1.82) is 0 Å². The minimum atomic E-state index is -3.80. The number of carbonyl (C=O) groups excluding carboxylic acids is 1. The van der Waals surface area contributed by atoms with Gasteiger partial charge in [-0.15, -0.1) is 0 Å². The zero-order valence-electron chi connectivity index (χ0n) is 15.2. The first-order chi connectivity index (χ1) is 11.7. The topological polar surface area (TPSA) is 105 Å². The van der Waals surface area contributed by atoms with Gasteiger partial charge in [0.05, 0.1) is 17.4 Å². The monoisotopic (exact) mass is 369 g/mol. The lowest BCUT2D eigenvalue weighted by atomic mass is 9.99. The van der Waals surface area contributed by atoms with Crippen LogP contribution in [0.25, 0.3) is 0 Å². The first-order valence-corrected chi connectivity index (χ1v) is 10.2. The highest BCUT2D eigenvalue weighted by Gasteiger charge is 2.35. The van der Waals surface area contributed by atoms with Gasteiger partial charge in [-0.25, -0.2) is 8.42 Å². The Morgan fingerprint density at radius 3 is 2.40 bits per heavy atom. The first-order valence-electron chi connectivity index (χ1n) is 8.76. The number of nitrogens with zero attached hydrogens (tertiary/aromatic N) is 2. The highest BCUT2D eigenvalue weighted by Crippen LogP contribution is 2.26. The minimum Gasteiger partial charge on any atom is -0.352 e. The van der Waals surface area contributed by atoms with Crippen LogP contribution in [0.3, 0.4) is 0 Å². The molecular formula is C16H27N5O3S. The zero-order chi connectivity index (χ0) is 18.4. The normalized spacial score (nSPS) is 27.3. The standard InChI is InChI=1S/C16H27N5O3S/c1-9-15(11(3)21(4)19-9)25(23,24)20-10(2)16(22)18-14-7-12-5-6-13(8-14)17-12/h10,12-14,17,20H,5-8H2,1-4H3,(H,18,22). The molecule has 0 saturated carbocycles. The molecule has 0 radical (unpaired) electrons. The van der Waals surface area contributed by atoms with E-state index in [9.17, 15) is 13.2 Å². The summed E-state index contributed by atoms with van der Waals surface area (Å²) < 4.78 is 29.3. The molecule has 1 aromatic heterocycles.